The number of likely N-dealkylation sites (tertiary alicyclic amines) is 1. The number of ether oxygens (including phenoxy) is 1. The molecule has 100 valence electrons. The van der Waals surface area contributed by atoms with Gasteiger partial charge in [-0.1, -0.05) is 0 Å². The van der Waals surface area contributed by atoms with E-state index in [0.29, 0.717) is 12.6 Å². The van der Waals surface area contributed by atoms with E-state index in [0.717, 1.165) is 26.1 Å². The second-order valence-electron chi connectivity index (χ2n) is 5.66. The summed E-state index contributed by atoms with van der Waals surface area (Å²) in [6, 6.07) is 0.453. The van der Waals surface area contributed by atoms with Crippen molar-refractivity contribution >= 4 is 6.09 Å². The minimum absolute atomic E-state index is 0.207. The lowest BCUT2D eigenvalue weighted by molar-refractivity contribution is -0.0108. The third-order valence-electron chi connectivity index (χ3n) is 2.85. The van der Waals surface area contributed by atoms with E-state index in [-0.39, 0.29) is 6.09 Å². The van der Waals surface area contributed by atoms with Gasteiger partial charge in [-0.2, -0.15) is 0 Å². The van der Waals surface area contributed by atoms with Crippen LogP contribution in [0.15, 0.2) is 0 Å². The van der Waals surface area contributed by atoms with Gasteiger partial charge < -0.3 is 15.4 Å². The van der Waals surface area contributed by atoms with Crippen molar-refractivity contribution in [1.82, 2.24) is 9.80 Å². The van der Waals surface area contributed by atoms with Crippen LogP contribution in [0.5, 0.6) is 0 Å². The van der Waals surface area contributed by atoms with Crippen molar-refractivity contribution in [3.63, 3.8) is 0 Å². The highest BCUT2D eigenvalue weighted by molar-refractivity contribution is 5.69. The second kappa shape index (κ2) is 5.69. The van der Waals surface area contributed by atoms with Gasteiger partial charge in [0.15, 0.2) is 0 Å². The van der Waals surface area contributed by atoms with Gasteiger partial charge in [-0.3, -0.25) is 4.90 Å². The number of rotatable bonds is 4. The molecule has 0 aromatic heterocycles. The molecule has 0 unspecified atom stereocenters. The van der Waals surface area contributed by atoms with Crippen molar-refractivity contribution in [2.75, 3.05) is 33.2 Å². The Morgan fingerprint density at radius 3 is 2.53 bits per heavy atom. The molecular weight excluding hydrogens is 218 g/mol. The SMILES string of the molecule is CN(CCCN)C1CN(C(=O)OC(C)(C)C)C1. The molecule has 0 atom stereocenters. The Kier molecular flexibility index (Phi) is 4.77. The van der Waals surface area contributed by atoms with Gasteiger partial charge >= 0.3 is 6.09 Å². The quantitative estimate of drug-likeness (QED) is 0.796. The van der Waals surface area contributed by atoms with Crippen LogP contribution in [0.1, 0.15) is 27.2 Å². The lowest BCUT2D eigenvalue weighted by Crippen LogP contribution is -2.61. The molecule has 1 saturated heterocycles. The Hall–Kier alpha value is -0.810. The third kappa shape index (κ3) is 4.52. The highest BCUT2D eigenvalue weighted by Crippen LogP contribution is 2.18. The Morgan fingerprint density at radius 2 is 2.06 bits per heavy atom. The first-order chi connectivity index (χ1) is 7.83. The first kappa shape index (κ1) is 14.3. The van der Waals surface area contributed by atoms with E-state index in [1.54, 1.807) is 4.90 Å². The number of likely N-dealkylation sites (N-methyl/N-ethyl adjacent to an activating group) is 1. The molecule has 1 fully saturated rings. The van der Waals surface area contributed by atoms with Gasteiger partial charge in [0.1, 0.15) is 5.60 Å². The van der Waals surface area contributed by atoms with Crippen LogP contribution in [0.3, 0.4) is 0 Å². The maximum atomic E-state index is 11.7. The number of carbonyl (C=O) groups is 1. The number of hydrogen-bond donors (Lipinski definition) is 1. The fourth-order valence-corrected chi connectivity index (χ4v) is 1.73. The average molecular weight is 243 g/mol. The molecule has 0 bridgehead atoms. The minimum Gasteiger partial charge on any atom is -0.444 e. The van der Waals surface area contributed by atoms with Crippen molar-refractivity contribution in [3.8, 4) is 0 Å². The summed E-state index contributed by atoms with van der Waals surface area (Å²) in [5, 5.41) is 0. The van der Waals surface area contributed by atoms with E-state index >= 15 is 0 Å². The van der Waals surface area contributed by atoms with Crippen molar-refractivity contribution in [3.05, 3.63) is 0 Å². The summed E-state index contributed by atoms with van der Waals surface area (Å²) in [5.74, 6) is 0. The van der Waals surface area contributed by atoms with Crippen molar-refractivity contribution in [1.29, 1.82) is 0 Å². The molecule has 5 nitrogen and oxygen atoms in total. The first-order valence-corrected chi connectivity index (χ1v) is 6.21. The van der Waals surface area contributed by atoms with Gasteiger partial charge in [-0.25, -0.2) is 4.79 Å². The number of nitrogens with zero attached hydrogens (tertiary/aromatic N) is 2. The van der Waals surface area contributed by atoms with Gasteiger partial charge in [-0.15, -0.1) is 0 Å². The summed E-state index contributed by atoms with van der Waals surface area (Å²) in [6.45, 7) is 8.88. The van der Waals surface area contributed by atoms with E-state index in [4.69, 9.17) is 10.5 Å². The van der Waals surface area contributed by atoms with E-state index in [1.807, 2.05) is 20.8 Å². The maximum absolute atomic E-state index is 11.7. The molecule has 1 amide bonds. The lowest BCUT2D eigenvalue weighted by atomic mass is 10.1. The maximum Gasteiger partial charge on any atom is 0.410 e. The molecule has 1 heterocycles. The molecule has 2 N–H and O–H groups in total. The van der Waals surface area contributed by atoms with E-state index in [2.05, 4.69) is 11.9 Å². The zero-order valence-electron chi connectivity index (χ0n) is 11.4. The smallest absolute Gasteiger partial charge is 0.410 e. The van der Waals surface area contributed by atoms with Crippen LogP contribution in [0.4, 0.5) is 4.79 Å². The Morgan fingerprint density at radius 1 is 1.47 bits per heavy atom. The van der Waals surface area contributed by atoms with Crippen LogP contribution in [0, 0.1) is 0 Å². The summed E-state index contributed by atoms with van der Waals surface area (Å²) in [6.07, 6.45) is 0.792. The van der Waals surface area contributed by atoms with Crippen LogP contribution in [0.25, 0.3) is 0 Å². The summed E-state index contributed by atoms with van der Waals surface area (Å²) < 4.78 is 5.30. The fourth-order valence-electron chi connectivity index (χ4n) is 1.73. The van der Waals surface area contributed by atoms with Crippen LogP contribution in [-0.4, -0.2) is 60.8 Å². The number of nitrogens with two attached hydrogens (primary N) is 1. The molecule has 0 aromatic rings. The summed E-state index contributed by atoms with van der Waals surface area (Å²) in [4.78, 5) is 15.7. The Labute approximate surface area is 104 Å². The van der Waals surface area contributed by atoms with Crippen molar-refractivity contribution in [2.24, 2.45) is 5.73 Å². The predicted molar refractivity (Wildman–Crippen MR) is 67.9 cm³/mol. The van der Waals surface area contributed by atoms with Crippen LogP contribution in [0.2, 0.25) is 0 Å². The minimum atomic E-state index is -0.409. The van der Waals surface area contributed by atoms with Crippen molar-refractivity contribution in [2.45, 2.75) is 38.8 Å². The van der Waals surface area contributed by atoms with Gasteiger partial charge in [0, 0.05) is 19.1 Å². The standard InChI is InChI=1S/C12H25N3O2/c1-12(2,3)17-11(16)15-8-10(9-15)14(4)7-5-6-13/h10H,5-9,13H2,1-4H3. The predicted octanol–water partition coefficient (Wildman–Crippen LogP) is 0.886. The van der Waals surface area contributed by atoms with Crippen LogP contribution in [-0.2, 0) is 4.74 Å². The van der Waals surface area contributed by atoms with Crippen LogP contribution < -0.4 is 5.73 Å². The van der Waals surface area contributed by atoms with Gasteiger partial charge in [0.05, 0.1) is 0 Å². The zero-order valence-corrected chi connectivity index (χ0v) is 11.4. The molecule has 17 heavy (non-hydrogen) atoms. The Balaban J connectivity index is 2.24. The van der Waals surface area contributed by atoms with E-state index in [1.165, 1.54) is 0 Å². The molecular formula is C12H25N3O2. The topological polar surface area (TPSA) is 58.8 Å². The summed E-state index contributed by atoms with van der Waals surface area (Å²) in [7, 11) is 2.08. The lowest BCUT2D eigenvalue weighted by Gasteiger charge is -2.44. The zero-order chi connectivity index (χ0) is 13.1. The van der Waals surface area contributed by atoms with Gasteiger partial charge in [0.2, 0.25) is 0 Å². The normalized spacial score (nSPS) is 17.2. The third-order valence-corrected chi connectivity index (χ3v) is 2.85. The Bertz CT molecular complexity index is 257. The molecule has 1 aliphatic heterocycles. The fraction of sp³-hybridized carbons (Fsp3) is 0.917. The van der Waals surface area contributed by atoms with Crippen molar-refractivity contribution < 1.29 is 9.53 Å². The summed E-state index contributed by atoms with van der Waals surface area (Å²) >= 11 is 0. The van der Waals surface area contributed by atoms with Crippen LogP contribution >= 0.6 is 0 Å². The first-order valence-electron chi connectivity index (χ1n) is 6.21. The molecule has 0 spiro atoms. The second-order valence-corrected chi connectivity index (χ2v) is 5.66. The van der Waals surface area contributed by atoms with Gasteiger partial charge in [0.25, 0.3) is 0 Å². The average Bonchev–Trinajstić information content (AvgIpc) is 2.09. The molecule has 1 aliphatic rings. The molecule has 5 heteroatoms. The highest BCUT2D eigenvalue weighted by Gasteiger charge is 2.35. The molecule has 0 aliphatic carbocycles. The summed E-state index contributed by atoms with van der Waals surface area (Å²) in [5.41, 5.74) is 5.06. The molecule has 0 radical (unpaired) electrons. The largest absolute Gasteiger partial charge is 0.444 e. The highest BCUT2D eigenvalue weighted by atomic mass is 16.6. The monoisotopic (exact) mass is 243 g/mol. The van der Waals surface area contributed by atoms with E-state index in [9.17, 15) is 4.79 Å². The van der Waals surface area contributed by atoms with E-state index < -0.39 is 5.60 Å². The molecule has 1 rings (SSSR count). The number of carbonyl (C=O) groups excluding carboxylic acids is 1. The number of amides is 1. The number of hydrogen-bond acceptors (Lipinski definition) is 4. The molecule has 0 saturated carbocycles. The van der Waals surface area contributed by atoms with Gasteiger partial charge in [-0.05, 0) is 47.3 Å². The molecule has 0 aromatic carbocycles.